The highest BCUT2D eigenvalue weighted by Crippen LogP contribution is 2.17. The summed E-state index contributed by atoms with van der Waals surface area (Å²) in [7, 11) is 0. The number of aliphatic hydroxyl groups is 3. The van der Waals surface area contributed by atoms with E-state index in [0.717, 1.165) is 0 Å². The Labute approximate surface area is 231 Å². The second kappa shape index (κ2) is 18.0. The van der Waals surface area contributed by atoms with Crippen LogP contribution in [0.1, 0.15) is 38.5 Å². The molecular weight excluding hydrogens is 579 g/mol. The Morgan fingerprint density at radius 1 is 0.325 bits per heavy atom. The van der Waals surface area contributed by atoms with E-state index in [4.69, 9.17) is 61.3 Å². The zero-order valence-electron chi connectivity index (χ0n) is 19.9. The Balaban J connectivity index is -0.000000240. The fraction of sp³-hybridized carbons (Fsp3) is 0.500. The van der Waals surface area contributed by atoms with E-state index in [9.17, 15) is 43.2 Å². The molecule has 40 heavy (non-hydrogen) atoms. The van der Waals surface area contributed by atoms with Crippen LogP contribution in [0.4, 0.5) is 0 Å². The molecule has 0 aliphatic rings. The Bertz CT molecular complexity index is 812. The van der Waals surface area contributed by atoms with Crippen molar-refractivity contribution in [1.29, 1.82) is 0 Å². The van der Waals surface area contributed by atoms with Crippen molar-refractivity contribution in [3.8, 4) is 0 Å². The van der Waals surface area contributed by atoms with Crippen molar-refractivity contribution in [3.05, 3.63) is 0 Å². The third-order valence-electron chi connectivity index (χ3n) is 3.86. The minimum atomic E-state index is -2.74. The van der Waals surface area contributed by atoms with Crippen LogP contribution in [-0.2, 0) is 43.2 Å². The van der Waals surface area contributed by atoms with E-state index in [1.165, 1.54) is 0 Å². The fourth-order valence-electron chi connectivity index (χ4n) is 2.14. The first-order valence-electron chi connectivity index (χ1n) is 9.51. The quantitative estimate of drug-likeness (QED) is 0.0790. The first-order chi connectivity index (χ1) is 17.3. The normalized spacial score (nSPS) is 10.6. The smallest absolute Gasteiger partial charge is 0.336 e. The predicted octanol–water partition coefficient (Wildman–Crippen LogP) is -4.13. The molecule has 0 aliphatic heterocycles. The van der Waals surface area contributed by atoms with Gasteiger partial charge in [0.25, 0.3) is 0 Å². The molecule has 0 atom stereocenters. The largest absolute Gasteiger partial charge is 0.481 e. The summed E-state index contributed by atoms with van der Waals surface area (Å²) in [6.07, 6.45) is -6.87. The van der Waals surface area contributed by atoms with Gasteiger partial charge in [0.2, 0.25) is 0 Å². The van der Waals surface area contributed by atoms with E-state index in [0.29, 0.717) is 0 Å². The van der Waals surface area contributed by atoms with E-state index in [2.05, 4.69) is 0 Å². The second-order valence-electron chi connectivity index (χ2n) is 7.43. The maximum atomic E-state index is 10.3. The van der Waals surface area contributed by atoms with Gasteiger partial charge in [0.1, 0.15) is 0 Å². The summed E-state index contributed by atoms with van der Waals surface area (Å²) in [4.78, 5) is 91.5. The standard InChI is InChI=1S/3C6H8O7.Al/c3*7-3(8)1-6(13,5(11)12)2-4(9)10;/h3*13H,1-2H2,(H,7,8)(H,9,10)(H,11,12);. The maximum Gasteiger partial charge on any atom is 0.336 e. The van der Waals surface area contributed by atoms with Crippen LogP contribution in [-0.4, -0.2) is 149 Å². The van der Waals surface area contributed by atoms with E-state index in [1.807, 2.05) is 0 Å². The number of hydrogen-bond donors (Lipinski definition) is 12. The Hall–Kier alpha value is -4.36. The zero-order valence-corrected chi connectivity index (χ0v) is 21.0. The van der Waals surface area contributed by atoms with Crippen molar-refractivity contribution in [3.63, 3.8) is 0 Å². The van der Waals surface area contributed by atoms with Gasteiger partial charge >= 0.3 is 53.7 Å². The third kappa shape index (κ3) is 18.8. The number of hydrogen-bond acceptors (Lipinski definition) is 12. The average molecular weight is 603 g/mol. The monoisotopic (exact) mass is 603 g/mol. The molecule has 21 nitrogen and oxygen atoms in total. The molecule has 3 radical (unpaired) electrons. The Kier molecular flexibility index (Phi) is 19.2. The maximum absolute atomic E-state index is 10.3. The number of carbonyl (C=O) groups is 9. The topological polar surface area (TPSA) is 396 Å². The van der Waals surface area contributed by atoms with Crippen LogP contribution < -0.4 is 0 Å². The van der Waals surface area contributed by atoms with Crippen LogP contribution in [0, 0.1) is 0 Å². The lowest BCUT2D eigenvalue weighted by Gasteiger charge is -2.18. The molecule has 0 aromatic rings. The predicted molar refractivity (Wildman–Crippen MR) is 117 cm³/mol. The van der Waals surface area contributed by atoms with Gasteiger partial charge in [0.15, 0.2) is 16.8 Å². The Morgan fingerprint density at radius 2 is 0.425 bits per heavy atom. The third-order valence-corrected chi connectivity index (χ3v) is 3.86. The lowest BCUT2D eigenvalue weighted by Crippen LogP contribution is -2.42. The molecule has 0 aromatic heterocycles. The number of carboxylic acids is 9. The van der Waals surface area contributed by atoms with Crippen LogP contribution in [0.5, 0.6) is 0 Å². The first kappa shape index (κ1) is 42.7. The van der Waals surface area contributed by atoms with Gasteiger partial charge in [-0.3, -0.25) is 28.8 Å². The molecule has 0 bridgehead atoms. The van der Waals surface area contributed by atoms with Gasteiger partial charge in [-0.1, -0.05) is 0 Å². The van der Waals surface area contributed by atoms with Crippen LogP contribution in [0.2, 0.25) is 0 Å². The summed E-state index contributed by atoms with van der Waals surface area (Å²) in [6.45, 7) is 0. The van der Waals surface area contributed by atoms with Crippen LogP contribution in [0.25, 0.3) is 0 Å². The number of rotatable bonds is 15. The molecule has 0 aromatic carbocycles. The summed E-state index contributed by atoms with van der Waals surface area (Å²) in [5.41, 5.74) is -8.22. The Morgan fingerprint density at radius 3 is 0.475 bits per heavy atom. The molecule has 0 aliphatic carbocycles. The lowest BCUT2D eigenvalue weighted by atomic mass is 9.96. The molecule has 0 spiro atoms. The van der Waals surface area contributed by atoms with Crippen LogP contribution in [0.15, 0.2) is 0 Å². The van der Waals surface area contributed by atoms with Crippen molar-refractivity contribution in [1.82, 2.24) is 0 Å². The van der Waals surface area contributed by atoms with Gasteiger partial charge in [-0.15, -0.1) is 0 Å². The van der Waals surface area contributed by atoms with E-state index < -0.39 is 109 Å². The lowest BCUT2D eigenvalue weighted by molar-refractivity contribution is -0.170. The van der Waals surface area contributed by atoms with Crippen LogP contribution in [0.3, 0.4) is 0 Å². The van der Waals surface area contributed by atoms with Crippen molar-refractivity contribution < 1.29 is 104 Å². The van der Waals surface area contributed by atoms with Gasteiger partial charge in [-0.25, -0.2) is 14.4 Å². The second-order valence-corrected chi connectivity index (χ2v) is 7.43. The summed E-state index contributed by atoms with van der Waals surface area (Å²) in [6, 6.07) is 0. The van der Waals surface area contributed by atoms with E-state index in [-0.39, 0.29) is 17.4 Å². The number of aliphatic carboxylic acids is 9. The van der Waals surface area contributed by atoms with Gasteiger partial charge in [-0.2, -0.15) is 0 Å². The average Bonchev–Trinajstić information content (AvgIpc) is 2.64. The molecule has 225 valence electrons. The highest BCUT2D eigenvalue weighted by Gasteiger charge is 2.42. The van der Waals surface area contributed by atoms with Gasteiger partial charge < -0.3 is 61.3 Å². The molecule has 12 N–H and O–H groups in total. The van der Waals surface area contributed by atoms with Gasteiger partial charge in [0, 0.05) is 17.4 Å². The molecule has 0 rings (SSSR count). The molecule has 0 amide bonds. The molecule has 0 saturated carbocycles. The molecule has 0 saturated heterocycles. The van der Waals surface area contributed by atoms with Crippen LogP contribution >= 0.6 is 0 Å². The summed E-state index contributed by atoms with van der Waals surface area (Å²) in [5.74, 6) is -15.1. The summed E-state index contributed by atoms with van der Waals surface area (Å²) in [5, 5.41) is 101. The zero-order chi connectivity index (χ0) is 31.9. The minimum absolute atomic E-state index is 0. The van der Waals surface area contributed by atoms with Crippen molar-refractivity contribution in [2.24, 2.45) is 0 Å². The molecule has 22 heteroatoms. The SMILES string of the molecule is O=C(O)CC(O)(CC(=O)O)C(=O)O.O=C(O)CC(O)(CC(=O)O)C(=O)O.O=C(O)CC(O)(CC(=O)O)C(=O)O.[Al]. The van der Waals surface area contributed by atoms with Gasteiger partial charge in [-0.05, 0) is 0 Å². The minimum Gasteiger partial charge on any atom is -0.481 e. The first-order valence-corrected chi connectivity index (χ1v) is 9.51. The summed E-state index contributed by atoms with van der Waals surface area (Å²) < 4.78 is 0. The van der Waals surface area contributed by atoms with E-state index >= 15 is 0 Å². The van der Waals surface area contributed by atoms with Gasteiger partial charge in [0.05, 0.1) is 38.5 Å². The highest BCUT2D eigenvalue weighted by atomic mass is 27.0. The van der Waals surface area contributed by atoms with Crippen molar-refractivity contribution in [2.45, 2.75) is 55.3 Å². The number of carboxylic acid groups (broad SMARTS) is 9. The molecule has 0 unspecified atom stereocenters. The highest BCUT2D eigenvalue weighted by molar-refractivity contribution is 5.89. The molecule has 0 fully saturated rings. The fourth-order valence-corrected chi connectivity index (χ4v) is 2.14. The molecular formula is C18H24AlO21. The van der Waals surface area contributed by atoms with Crippen molar-refractivity contribution >= 4 is 71.1 Å². The van der Waals surface area contributed by atoms with Crippen molar-refractivity contribution in [2.75, 3.05) is 0 Å². The van der Waals surface area contributed by atoms with E-state index in [1.54, 1.807) is 0 Å². The summed E-state index contributed by atoms with van der Waals surface area (Å²) >= 11 is 0. The molecule has 0 heterocycles.